The van der Waals surface area contributed by atoms with Crippen LogP contribution < -0.4 is 17.3 Å². The first-order valence-electron chi connectivity index (χ1n) is 7.43. The summed E-state index contributed by atoms with van der Waals surface area (Å²) in [6.07, 6.45) is 3.02. The number of rotatable bonds is 6. The first-order valence-corrected chi connectivity index (χ1v) is 7.43. The molecule has 0 radical (unpaired) electrons. The van der Waals surface area contributed by atoms with E-state index in [0.717, 1.165) is 17.7 Å². The van der Waals surface area contributed by atoms with Gasteiger partial charge in [0.15, 0.2) is 6.10 Å². The molecule has 0 saturated heterocycles. The fourth-order valence-electron chi connectivity index (χ4n) is 2.17. The van der Waals surface area contributed by atoms with Crippen LogP contribution >= 0.6 is 0 Å². The van der Waals surface area contributed by atoms with Crippen molar-refractivity contribution in [3.05, 3.63) is 77.9 Å². The summed E-state index contributed by atoms with van der Waals surface area (Å²) in [7, 11) is 4.09. The Kier molecular flexibility index (Phi) is 8.09. The highest BCUT2D eigenvalue weighted by molar-refractivity contribution is 5.87. The number of ether oxygens (including phenoxy) is 1. The molecule has 4 heteroatoms. The summed E-state index contributed by atoms with van der Waals surface area (Å²) in [5.74, 6) is -0.320. The molecule has 3 nitrogen and oxygen atoms in total. The van der Waals surface area contributed by atoms with Crippen molar-refractivity contribution in [3.63, 3.8) is 0 Å². The van der Waals surface area contributed by atoms with Crippen LogP contribution in [0.4, 0.5) is 0 Å². The number of benzene rings is 2. The second-order valence-electron chi connectivity index (χ2n) is 5.49. The van der Waals surface area contributed by atoms with Crippen LogP contribution in [0, 0.1) is 0 Å². The Hall–Kier alpha value is -2.10. The molecule has 0 aliphatic heterocycles. The molecule has 0 saturated carbocycles. The van der Waals surface area contributed by atoms with Crippen LogP contribution in [-0.4, -0.2) is 26.6 Å². The normalized spacial score (nSPS) is 12.0. The standard InChI is InChI=1S/C19H21NO2.ClH/c1-20(2)15-18(17-11-7-4-8-12-17)22-19(21)14-13-16-9-5-3-6-10-16;/h3-14,18H,15H2,1-2H3;1H/b14-13+;. The van der Waals surface area contributed by atoms with Crippen LogP contribution in [0.1, 0.15) is 17.2 Å². The molecule has 1 N–H and O–H groups in total. The average molecular weight is 332 g/mol. The predicted molar refractivity (Wildman–Crippen MR) is 88.4 cm³/mol. The Labute approximate surface area is 144 Å². The zero-order valence-corrected chi connectivity index (χ0v) is 14.2. The first-order chi connectivity index (χ1) is 10.6. The minimum absolute atomic E-state index is 0. The van der Waals surface area contributed by atoms with Gasteiger partial charge in [-0.05, 0) is 17.2 Å². The number of quaternary nitrogens is 1. The van der Waals surface area contributed by atoms with Crippen molar-refractivity contribution in [2.24, 2.45) is 0 Å². The van der Waals surface area contributed by atoms with Gasteiger partial charge in [0.2, 0.25) is 0 Å². The van der Waals surface area contributed by atoms with Gasteiger partial charge in [0.1, 0.15) is 6.54 Å². The molecule has 122 valence electrons. The van der Waals surface area contributed by atoms with E-state index in [1.807, 2.05) is 74.8 Å². The third kappa shape index (κ3) is 6.68. The smallest absolute Gasteiger partial charge is 0.331 e. The molecule has 1 atom stereocenters. The highest BCUT2D eigenvalue weighted by Crippen LogP contribution is 2.16. The Morgan fingerprint density at radius 1 is 1.04 bits per heavy atom. The molecule has 2 aromatic rings. The lowest BCUT2D eigenvalue weighted by atomic mass is 10.1. The summed E-state index contributed by atoms with van der Waals surface area (Å²) in [5.41, 5.74) is 2.00. The summed E-state index contributed by atoms with van der Waals surface area (Å²) >= 11 is 0. The third-order valence-electron chi connectivity index (χ3n) is 3.23. The molecule has 0 amide bonds. The van der Waals surface area contributed by atoms with Gasteiger partial charge in [-0.25, -0.2) is 4.79 Å². The van der Waals surface area contributed by atoms with Gasteiger partial charge in [0.25, 0.3) is 0 Å². The molecular weight excluding hydrogens is 310 g/mol. The van der Waals surface area contributed by atoms with E-state index < -0.39 is 0 Å². The fraction of sp³-hybridized carbons (Fsp3) is 0.211. The lowest BCUT2D eigenvalue weighted by molar-refractivity contribution is -0.862. The maximum Gasteiger partial charge on any atom is 0.331 e. The van der Waals surface area contributed by atoms with E-state index in [4.69, 9.17) is 4.74 Å². The van der Waals surface area contributed by atoms with E-state index in [-0.39, 0.29) is 24.5 Å². The van der Waals surface area contributed by atoms with E-state index in [9.17, 15) is 4.79 Å². The van der Waals surface area contributed by atoms with Crippen LogP contribution in [0.15, 0.2) is 66.7 Å². The first kappa shape index (κ1) is 18.9. The van der Waals surface area contributed by atoms with Gasteiger partial charge in [0.05, 0.1) is 14.1 Å². The topological polar surface area (TPSA) is 30.7 Å². The Morgan fingerprint density at radius 2 is 1.61 bits per heavy atom. The van der Waals surface area contributed by atoms with Crippen LogP contribution in [0.3, 0.4) is 0 Å². The van der Waals surface area contributed by atoms with Crippen LogP contribution in [0.25, 0.3) is 6.08 Å². The fourth-order valence-corrected chi connectivity index (χ4v) is 2.17. The highest BCUT2D eigenvalue weighted by atomic mass is 35.5. The maximum absolute atomic E-state index is 12.1. The van der Waals surface area contributed by atoms with Gasteiger partial charge in [0, 0.05) is 6.08 Å². The van der Waals surface area contributed by atoms with E-state index in [1.54, 1.807) is 6.08 Å². The zero-order valence-electron chi connectivity index (χ0n) is 13.4. The second-order valence-corrected chi connectivity index (χ2v) is 5.49. The molecule has 0 aromatic heterocycles. The molecule has 1 unspecified atom stereocenters. The van der Waals surface area contributed by atoms with Crippen molar-refractivity contribution in [2.45, 2.75) is 6.10 Å². The van der Waals surface area contributed by atoms with Crippen molar-refractivity contribution in [2.75, 3.05) is 20.6 Å². The van der Waals surface area contributed by atoms with Crippen LogP contribution in [0.5, 0.6) is 0 Å². The average Bonchev–Trinajstić information content (AvgIpc) is 2.54. The molecule has 0 heterocycles. The lowest BCUT2D eigenvalue weighted by Crippen LogP contribution is -3.06. The summed E-state index contributed by atoms with van der Waals surface area (Å²) in [6.45, 7) is 0.731. The summed E-state index contributed by atoms with van der Waals surface area (Å²) in [6, 6.07) is 19.6. The Bertz CT molecular complexity index is 612. The van der Waals surface area contributed by atoms with Crippen molar-refractivity contribution < 1.29 is 26.8 Å². The molecule has 2 rings (SSSR count). The van der Waals surface area contributed by atoms with Gasteiger partial charge in [-0.2, -0.15) is 0 Å². The van der Waals surface area contributed by atoms with Gasteiger partial charge in [-0.1, -0.05) is 60.7 Å². The summed E-state index contributed by atoms with van der Waals surface area (Å²) < 4.78 is 5.62. The molecule has 0 aliphatic carbocycles. The van der Waals surface area contributed by atoms with E-state index in [2.05, 4.69) is 0 Å². The molecule has 23 heavy (non-hydrogen) atoms. The highest BCUT2D eigenvalue weighted by Gasteiger charge is 2.18. The van der Waals surface area contributed by atoms with Gasteiger partial charge < -0.3 is 22.0 Å². The summed E-state index contributed by atoms with van der Waals surface area (Å²) in [4.78, 5) is 13.3. The lowest BCUT2D eigenvalue weighted by Gasteiger charge is -2.19. The van der Waals surface area contributed by atoms with Gasteiger partial charge in [-0.15, -0.1) is 0 Å². The van der Waals surface area contributed by atoms with E-state index in [1.165, 1.54) is 11.0 Å². The quantitative estimate of drug-likeness (QED) is 0.551. The van der Waals surface area contributed by atoms with Crippen LogP contribution in [-0.2, 0) is 9.53 Å². The molecule has 0 spiro atoms. The Balaban J connectivity index is 0.00000264. The number of carbonyl (C=O) groups excluding carboxylic acids is 1. The number of halogens is 1. The van der Waals surface area contributed by atoms with Crippen molar-refractivity contribution in [3.8, 4) is 0 Å². The number of hydrogen-bond donors (Lipinski definition) is 1. The molecule has 0 bridgehead atoms. The maximum atomic E-state index is 12.1. The van der Waals surface area contributed by atoms with E-state index >= 15 is 0 Å². The number of likely N-dealkylation sites (N-methyl/N-ethyl adjacent to an activating group) is 1. The molecule has 0 aliphatic rings. The minimum Gasteiger partial charge on any atom is -1.00 e. The number of esters is 1. The third-order valence-corrected chi connectivity index (χ3v) is 3.23. The van der Waals surface area contributed by atoms with Crippen molar-refractivity contribution in [1.29, 1.82) is 0 Å². The van der Waals surface area contributed by atoms with E-state index in [0.29, 0.717) is 0 Å². The molecule has 0 fully saturated rings. The molecular formula is C19H22ClNO2. The number of carbonyl (C=O) groups is 1. The van der Waals surface area contributed by atoms with Crippen molar-refractivity contribution >= 4 is 12.0 Å². The molecule has 2 aromatic carbocycles. The second kappa shape index (κ2) is 9.82. The zero-order chi connectivity index (χ0) is 15.8. The summed E-state index contributed by atoms with van der Waals surface area (Å²) in [5, 5.41) is 0. The predicted octanol–water partition coefficient (Wildman–Crippen LogP) is -0.867. The van der Waals surface area contributed by atoms with Gasteiger partial charge in [-0.3, -0.25) is 0 Å². The number of nitrogens with one attached hydrogen (secondary N) is 1. The van der Waals surface area contributed by atoms with Gasteiger partial charge >= 0.3 is 5.97 Å². The Morgan fingerprint density at radius 3 is 2.17 bits per heavy atom. The number of hydrogen-bond acceptors (Lipinski definition) is 2. The van der Waals surface area contributed by atoms with Crippen LogP contribution in [0.2, 0.25) is 0 Å². The largest absolute Gasteiger partial charge is 1.00 e. The monoisotopic (exact) mass is 331 g/mol. The van der Waals surface area contributed by atoms with Crippen molar-refractivity contribution in [1.82, 2.24) is 0 Å². The minimum atomic E-state index is -0.320. The SMILES string of the molecule is C[NH+](C)CC(OC(=O)/C=C/c1ccccc1)c1ccccc1.[Cl-].